The summed E-state index contributed by atoms with van der Waals surface area (Å²) in [6.45, 7) is 3.78. The standard InChI is InChI=1S/C10H18O5/c1-6(2)5-7(9(12)14-3)8(11)10(13)15-4/h6-8,11H,5H2,1-4H3/t7-,8+/m1/s1. The minimum Gasteiger partial charge on any atom is -0.469 e. The van der Waals surface area contributed by atoms with E-state index >= 15 is 0 Å². The second-order valence-corrected chi connectivity index (χ2v) is 3.73. The number of aliphatic hydroxyl groups excluding tert-OH is 1. The molecule has 0 saturated carbocycles. The van der Waals surface area contributed by atoms with Gasteiger partial charge in [0, 0.05) is 0 Å². The molecule has 0 aromatic carbocycles. The molecule has 0 heterocycles. The lowest BCUT2D eigenvalue weighted by atomic mass is 9.92. The lowest BCUT2D eigenvalue weighted by Gasteiger charge is -2.20. The monoisotopic (exact) mass is 218 g/mol. The number of carbonyl (C=O) groups is 2. The molecule has 0 unspecified atom stereocenters. The van der Waals surface area contributed by atoms with Crippen LogP contribution in [0.15, 0.2) is 0 Å². The molecule has 0 fully saturated rings. The molecule has 5 heteroatoms. The number of hydrogen-bond donors (Lipinski definition) is 1. The Balaban J connectivity index is 4.61. The number of ether oxygens (including phenoxy) is 2. The summed E-state index contributed by atoms with van der Waals surface area (Å²) in [5, 5.41) is 9.55. The molecule has 2 atom stereocenters. The quantitative estimate of drug-likeness (QED) is 0.674. The van der Waals surface area contributed by atoms with Gasteiger partial charge in [0.25, 0.3) is 0 Å². The molecule has 5 nitrogen and oxygen atoms in total. The smallest absolute Gasteiger partial charge is 0.335 e. The van der Waals surface area contributed by atoms with Crippen LogP contribution in [0.1, 0.15) is 20.3 Å². The summed E-state index contributed by atoms with van der Waals surface area (Å²) >= 11 is 0. The van der Waals surface area contributed by atoms with Gasteiger partial charge in [-0.3, -0.25) is 4.79 Å². The fourth-order valence-corrected chi connectivity index (χ4v) is 1.30. The normalized spacial score (nSPS) is 14.5. The fourth-order valence-electron chi connectivity index (χ4n) is 1.30. The Labute approximate surface area is 89.4 Å². The van der Waals surface area contributed by atoms with Gasteiger partial charge in [0.1, 0.15) is 0 Å². The molecule has 0 aromatic heterocycles. The molecular formula is C10H18O5. The highest BCUT2D eigenvalue weighted by Gasteiger charge is 2.34. The predicted octanol–water partition coefficient (Wildman–Crippen LogP) is 0.356. The van der Waals surface area contributed by atoms with Crippen molar-refractivity contribution in [2.75, 3.05) is 14.2 Å². The molecule has 0 saturated heterocycles. The maximum Gasteiger partial charge on any atom is 0.335 e. The fraction of sp³-hybridized carbons (Fsp3) is 0.800. The first kappa shape index (κ1) is 13.9. The number of rotatable bonds is 5. The van der Waals surface area contributed by atoms with Crippen molar-refractivity contribution in [3.63, 3.8) is 0 Å². The number of esters is 2. The van der Waals surface area contributed by atoms with E-state index in [0.29, 0.717) is 6.42 Å². The first-order chi connectivity index (χ1) is 6.93. The minimum atomic E-state index is -1.45. The molecule has 0 radical (unpaired) electrons. The molecule has 88 valence electrons. The van der Waals surface area contributed by atoms with Crippen LogP contribution < -0.4 is 0 Å². The first-order valence-electron chi connectivity index (χ1n) is 4.77. The molecule has 0 rings (SSSR count). The topological polar surface area (TPSA) is 72.8 Å². The number of aliphatic hydroxyl groups is 1. The van der Waals surface area contributed by atoms with Crippen molar-refractivity contribution in [2.45, 2.75) is 26.4 Å². The summed E-state index contributed by atoms with van der Waals surface area (Å²) in [4.78, 5) is 22.4. The van der Waals surface area contributed by atoms with E-state index in [2.05, 4.69) is 9.47 Å². The van der Waals surface area contributed by atoms with E-state index in [1.165, 1.54) is 7.11 Å². The Hall–Kier alpha value is -1.10. The minimum absolute atomic E-state index is 0.174. The van der Waals surface area contributed by atoms with Gasteiger partial charge in [0.2, 0.25) is 0 Å². The third-order valence-electron chi connectivity index (χ3n) is 2.05. The first-order valence-corrected chi connectivity index (χ1v) is 4.77. The molecule has 0 aliphatic heterocycles. The molecule has 15 heavy (non-hydrogen) atoms. The molecular weight excluding hydrogens is 200 g/mol. The summed E-state index contributed by atoms with van der Waals surface area (Å²) in [6, 6.07) is 0. The van der Waals surface area contributed by atoms with Crippen molar-refractivity contribution >= 4 is 11.9 Å². The van der Waals surface area contributed by atoms with E-state index in [-0.39, 0.29) is 5.92 Å². The van der Waals surface area contributed by atoms with Gasteiger partial charge in [0.15, 0.2) is 6.10 Å². The van der Waals surface area contributed by atoms with Crippen LogP contribution in [0.4, 0.5) is 0 Å². The predicted molar refractivity (Wildman–Crippen MR) is 53.0 cm³/mol. The molecule has 0 bridgehead atoms. The van der Waals surface area contributed by atoms with Crippen LogP contribution in [-0.4, -0.2) is 37.4 Å². The van der Waals surface area contributed by atoms with Crippen molar-refractivity contribution in [1.82, 2.24) is 0 Å². The zero-order valence-electron chi connectivity index (χ0n) is 9.52. The van der Waals surface area contributed by atoms with Gasteiger partial charge in [-0.15, -0.1) is 0 Å². The Morgan fingerprint density at radius 3 is 1.93 bits per heavy atom. The Morgan fingerprint density at radius 2 is 1.60 bits per heavy atom. The zero-order valence-corrected chi connectivity index (χ0v) is 9.52. The van der Waals surface area contributed by atoms with Crippen LogP contribution in [0.5, 0.6) is 0 Å². The highest BCUT2D eigenvalue weighted by atomic mass is 16.5. The highest BCUT2D eigenvalue weighted by Crippen LogP contribution is 2.18. The van der Waals surface area contributed by atoms with Crippen molar-refractivity contribution < 1.29 is 24.2 Å². The Bertz CT molecular complexity index is 224. The van der Waals surface area contributed by atoms with E-state index in [4.69, 9.17) is 0 Å². The average molecular weight is 218 g/mol. The molecule has 0 aliphatic rings. The second kappa shape index (κ2) is 6.40. The van der Waals surface area contributed by atoms with Crippen LogP contribution in [0, 0.1) is 11.8 Å². The molecule has 0 aromatic rings. The van der Waals surface area contributed by atoms with Crippen LogP contribution in [0.3, 0.4) is 0 Å². The number of methoxy groups -OCH3 is 2. The van der Waals surface area contributed by atoms with E-state index < -0.39 is 24.0 Å². The lowest BCUT2D eigenvalue weighted by molar-refractivity contribution is -0.164. The van der Waals surface area contributed by atoms with Crippen molar-refractivity contribution in [2.24, 2.45) is 11.8 Å². The van der Waals surface area contributed by atoms with Gasteiger partial charge in [0.05, 0.1) is 20.1 Å². The average Bonchev–Trinajstić information content (AvgIpc) is 2.22. The maximum absolute atomic E-state index is 11.3. The molecule has 0 amide bonds. The SMILES string of the molecule is COC(=O)[C@@H](O)[C@@H](CC(C)C)C(=O)OC. The van der Waals surface area contributed by atoms with Crippen molar-refractivity contribution in [1.29, 1.82) is 0 Å². The molecule has 0 spiro atoms. The van der Waals surface area contributed by atoms with Gasteiger partial charge in [-0.05, 0) is 12.3 Å². The zero-order chi connectivity index (χ0) is 12.0. The molecule has 0 aliphatic carbocycles. The largest absolute Gasteiger partial charge is 0.469 e. The van der Waals surface area contributed by atoms with Crippen LogP contribution in [-0.2, 0) is 19.1 Å². The third kappa shape index (κ3) is 4.29. The highest BCUT2D eigenvalue weighted by molar-refractivity contribution is 5.83. The van der Waals surface area contributed by atoms with Gasteiger partial charge in [-0.25, -0.2) is 4.79 Å². The maximum atomic E-state index is 11.3. The van der Waals surface area contributed by atoms with Crippen LogP contribution >= 0.6 is 0 Å². The van der Waals surface area contributed by atoms with Crippen molar-refractivity contribution in [3.05, 3.63) is 0 Å². The van der Waals surface area contributed by atoms with Crippen molar-refractivity contribution in [3.8, 4) is 0 Å². The third-order valence-corrected chi connectivity index (χ3v) is 2.05. The van der Waals surface area contributed by atoms with E-state index in [9.17, 15) is 14.7 Å². The number of hydrogen-bond acceptors (Lipinski definition) is 5. The summed E-state index contributed by atoms with van der Waals surface area (Å²) in [5.41, 5.74) is 0. The number of carbonyl (C=O) groups excluding carboxylic acids is 2. The molecule has 1 N–H and O–H groups in total. The van der Waals surface area contributed by atoms with Gasteiger partial charge in [-0.1, -0.05) is 13.8 Å². The lowest BCUT2D eigenvalue weighted by Crippen LogP contribution is -2.37. The van der Waals surface area contributed by atoms with E-state index in [1.54, 1.807) is 0 Å². The van der Waals surface area contributed by atoms with Gasteiger partial charge in [-0.2, -0.15) is 0 Å². The summed E-state index contributed by atoms with van der Waals surface area (Å²) in [6.07, 6.45) is -1.08. The van der Waals surface area contributed by atoms with Gasteiger partial charge >= 0.3 is 11.9 Å². The van der Waals surface area contributed by atoms with Gasteiger partial charge < -0.3 is 14.6 Å². The Kier molecular flexibility index (Phi) is 5.93. The second-order valence-electron chi connectivity index (χ2n) is 3.73. The van der Waals surface area contributed by atoms with E-state index in [0.717, 1.165) is 7.11 Å². The summed E-state index contributed by atoms with van der Waals surface area (Å²) < 4.78 is 8.89. The Morgan fingerprint density at radius 1 is 1.13 bits per heavy atom. The van der Waals surface area contributed by atoms with Crippen LogP contribution in [0.25, 0.3) is 0 Å². The van der Waals surface area contributed by atoms with E-state index in [1.807, 2.05) is 13.8 Å². The summed E-state index contributed by atoms with van der Waals surface area (Å²) in [7, 11) is 2.38. The van der Waals surface area contributed by atoms with Crippen LogP contribution in [0.2, 0.25) is 0 Å². The summed E-state index contributed by atoms with van der Waals surface area (Å²) in [5.74, 6) is -2.09.